The van der Waals surface area contributed by atoms with Crippen LogP contribution in [0.4, 0.5) is 10.6 Å². The van der Waals surface area contributed by atoms with Crippen LogP contribution in [0.3, 0.4) is 0 Å². The molecule has 2 N–H and O–H groups in total. The minimum atomic E-state index is -0.685. The zero-order chi connectivity index (χ0) is 20.1. The van der Waals surface area contributed by atoms with Crippen molar-refractivity contribution in [1.29, 1.82) is 0 Å². The molecule has 146 valence electrons. The van der Waals surface area contributed by atoms with Gasteiger partial charge in [0, 0.05) is 0 Å². The molecule has 5 nitrogen and oxygen atoms in total. The van der Waals surface area contributed by atoms with Gasteiger partial charge in [-0.3, -0.25) is 0 Å². The number of hydrogen-bond donors (Lipinski definition) is 1. The Labute approximate surface area is 181 Å². The number of nitrogens with two attached hydrogens (primary N) is 1. The summed E-state index contributed by atoms with van der Waals surface area (Å²) in [6, 6.07) is 2.66. The number of pyridine rings is 1. The van der Waals surface area contributed by atoms with Gasteiger partial charge < -0.3 is 0 Å². The summed E-state index contributed by atoms with van der Waals surface area (Å²) in [5, 5.41) is 0. The Morgan fingerprint density at radius 3 is 2.86 bits per heavy atom. The Hall–Kier alpha value is -1.33. The molecule has 6 heteroatoms. The molecule has 3 aliphatic heterocycles. The van der Waals surface area contributed by atoms with Gasteiger partial charge in [0.2, 0.25) is 0 Å². The van der Waals surface area contributed by atoms with E-state index in [4.69, 9.17) is 10.5 Å². The number of carbonyl (C=O) groups excluding carboxylic acids is 1. The molecule has 3 unspecified atom stereocenters. The molecule has 28 heavy (non-hydrogen) atoms. The summed E-state index contributed by atoms with van der Waals surface area (Å²) in [6.45, 7) is 7.98. The van der Waals surface area contributed by atoms with Crippen LogP contribution in [0.1, 0.15) is 64.0 Å². The van der Waals surface area contributed by atoms with Gasteiger partial charge in [0.05, 0.1) is 0 Å². The van der Waals surface area contributed by atoms with Crippen LogP contribution in [0.2, 0.25) is 0 Å². The van der Waals surface area contributed by atoms with Crippen molar-refractivity contribution >= 4 is 19.8 Å². The van der Waals surface area contributed by atoms with E-state index in [0.29, 0.717) is 11.7 Å². The van der Waals surface area contributed by atoms with Crippen LogP contribution < -0.4 is 5.73 Å². The predicted octanol–water partition coefficient (Wildman–Crippen LogP) is 4.10. The number of aromatic nitrogens is 1. The van der Waals surface area contributed by atoms with Gasteiger partial charge in [0.1, 0.15) is 0 Å². The summed E-state index contributed by atoms with van der Waals surface area (Å²) in [6.07, 6.45) is 9.26. The van der Waals surface area contributed by atoms with Gasteiger partial charge in [-0.05, 0) is 20.8 Å². The zero-order valence-corrected chi connectivity index (χ0v) is 19.9. The number of nitrogens with zero attached hydrogens (tertiary/aromatic N) is 2. The number of anilines is 1. The van der Waals surface area contributed by atoms with Gasteiger partial charge in [0.25, 0.3) is 0 Å². The monoisotopic (exact) mass is 455 g/mol. The minimum absolute atomic E-state index is 0.180. The van der Waals surface area contributed by atoms with E-state index in [2.05, 4.69) is 33.0 Å². The topological polar surface area (TPSA) is 68.5 Å². The summed E-state index contributed by atoms with van der Waals surface area (Å²) in [4.78, 5) is 19.3. The number of fused-ring (bicyclic) bond motifs is 2. The average molecular weight is 455 g/mol. The fraction of sp³-hybridized carbons (Fsp3) is 0.500. The quantitative estimate of drug-likeness (QED) is 0.729. The number of rotatable bonds is 2. The second kappa shape index (κ2) is 7.49. The summed E-state index contributed by atoms with van der Waals surface area (Å²) in [7, 11) is 0. The molecule has 0 aliphatic carbocycles. The molecule has 2 bridgehead atoms. The van der Waals surface area contributed by atoms with Gasteiger partial charge >= 0.3 is 162 Å². The van der Waals surface area contributed by atoms with Crippen molar-refractivity contribution in [2.75, 3.05) is 5.73 Å². The Morgan fingerprint density at radius 2 is 2.14 bits per heavy atom. The molecular weight excluding hydrogens is 427 g/mol. The molecule has 1 amide bonds. The molecule has 0 aromatic carbocycles. The molecule has 3 atom stereocenters. The predicted molar refractivity (Wildman–Crippen MR) is 109 cm³/mol. The van der Waals surface area contributed by atoms with Crippen LogP contribution in [0.5, 0.6) is 0 Å². The number of allylic oxidation sites excluding steroid dienone is 3. The van der Waals surface area contributed by atoms with Gasteiger partial charge in [-0.15, -0.1) is 0 Å². The molecule has 0 saturated carbocycles. The van der Waals surface area contributed by atoms with E-state index in [1.807, 2.05) is 31.9 Å². The second-order valence-electron chi connectivity index (χ2n) is 9.10. The van der Waals surface area contributed by atoms with Gasteiger partial charge in [-0.2, -0.15) is 0 Å². The Kier molecular flexibility index (Phi) is 5.34. The van der Waals surface area contributed by atoms with E-state index in [9.17, 15) is 4.79 Å². The number of ether oxygens (including phenoxy) is 1. The third kappa shape index (κ3) is 3.88. The molecule has 4 rings (SSSR count). The Morgan fingerprint density at radius 1 is 1.36 bits per heavy atom. The van der Waals surface area contributed by atoms with Crippen LogP contribution in [0.15, 0.2) is 27.3 Å². The van der Waals surface area contributed by atoms with Crippen LogP contribution >= 0.6 is 0 Å². The first-order chi connectivity index (χ1) is 13.2. The van der Waals surface area contributed by atoms with E-state index >= 15 is 0 Å². The molecule has 2 fully saturated rings. The Balaban J connectivity index is 1.61. The van der Waals surface area contributed by atoms with E-state index in [1.54, 1.807) is 0 Å². The van der Waals surface area contributed by atoms with Crippen LogP contribution in [0.25, 0.3) is 5.57 Å². The van der Waals surface area contributed by atoms with Crippen LogP contribution in [0, 0.1) is 0 Å². The number of nitrogen functional groups attached to an aromatic ring is 1. The first-order valence-electron chi connectivity index (χ1n) is 10.1. The van der Waals surface area contributed by atoms with Gasteiger partial charge in [0.15, 0.2) is 0 Å². The summed E-state index contributed by atoms with van der Waals surface area (Å²) >= 11 is -0.685. The fourth-order valence-corrected chi connectivity index (χ4v) is 6.85. The molecule has 3 aliphatic rings. The van der Waals surface area contributed by atoms with Crippen molar-refractivity contribution in [2.45, 2.75) is 70.6 Å². The second-order valence-corrected chi connectivity index (χ2v) is 13.1. The maximum absolute atomic E-state index is 12.8. The standard InChI is InChI=1S/C22H28N3O2.Y/c1-6-8-14(7-2)18-11-15(13-24-20(18)23)17-12-16-9-10-19(17)25(16)21(26)27-22(3,4)5;/h2,7-8,11,13,16-17,19H,9-10,12H2,1,3-5H3,(H2,23,24);. The molecule has 2 saturated heterocycles. The maximum atomic E-state index is 12.8. The van der Waals surface area contributed by atoms with Crippen molar-refractivity contribution < 1.29 is 38.2 Å². The molecule has 4 heterocycles. The fourth-order valence-electron chi connectivity index (χ4n) is 4.68. The number of hydrogen-bond acceptors (Lipinski definition) is 4. The van der Waals surface area contributed by atoms with E-state index in [1.165, 1.54) is 7.86 Å². The zero-order valence-electron chi connectivity index (χ0n) is 17.1. The van der Waals surface area contributed by atoms with Crippen molar-refractivity contribution in [1.82, 2.24) is 9.88 Å². The van der Waals surface area contributed by atoms with E-state index in [0.717, 1.165) is 30.4 Å². The summed E-state index contributed by atoms with van der Waals surface area (Å²) in [5.74, 6) is 0.878. The number of amides is 1. The van der Waals surface area contributed by atoms with Crippen molar-refractivity contribution in [3.8, 4) is 0 Å². The molecule has 0 radical (unpaired) electrons. The number of carbonyl (C=O) groups is 1. The van der Waals surface area contributed by atoms with Crippen molar-refractivity contribution in [3.63, 3.8) is 0 Å². The third-order valence-electron chi connectivity index (χ3n) is 5.84. The summed E-state index contributed by atoms with van der Waals surface area (Å²) < 4.78 is 9.54. The van der Waals surface area contributed by atoms with Crippen LogP contribution in [-0.2, 0) is 33.4 Å². The molecular formula is C22H28N3O2Y. The molecule has 1 aromatic heterocycles. The summed E-state index contributed by atoms with van der Waals surface area (Å²) in [5.41, 5.74) is 9.11. The van der Waals surface area contributed by atoms with E-state index < -0.39 is 34.3 Å². The van der Waals surface area contributed by atoms with Crippen LogP contribution in [-0.4, -0.2) is 36.0 Å². The average Bonchev–Trinajstić information content (AvgIpc) is 3.19. The van der Waals surface area contributed by atoms with Gasteiger partial charge in [-0.1, -0.05) is 0 Å². The van der Waals surface area contributed by atoms with Crippen molar-refractivity contribution in [2.24, 2.45) is 0 Å². The molecule has 1 aromatic rings. The first kappa shape index (κ1) is 20.0. The first-order valence-corrected chi connectivity index (χ1v) is 13.1. The normalized spacial score (nSPS) is 26.0. The van der Waals surface area contributed by atoms with Gasteiger partial charge in [-0.25, -0.2) is 0 Å². The van der Waals surface area contributed by atoms with Crippen molar-refractivity contribution in [3.05, 3.63) is 38.4 Å². The third-order valence-corrected chi connectivity index (χ3v) is 8.49. The molecule has 0 spiro atoms. The Bertz CT molecular complexity index is 898. The SMILES string of the molecule is C[C]1=[Y][CH]=CC(c2cc(C3CC4CCC3N4C(=O)OC(C)(C)C)cnc2N)=C1. The van der Waals surface area contributed by atoms with E-state index in [-0.39, 0.29) is 18.2 Å².